The van der Waals surface area contributed by atoms with E-state index in [1.165, 1.54) is 38.5 Å². The molecule has 3 aliphatic rings. The highest BCUT2D eigenvalue weighted by atomic mass is 16.2. The fourth-order valence-corrected chi connectivity index (χ4v) is 2.76. The summed E-state index contributed by atoms with van der Waals surface area (Å²) in [6.45, 7) is 3.10. The Morgan fingerprint density at radius 3 is 2.12 bits per heavy atom. The Labute approximate surface area is 104 Å². The van der Waals surface area contributed by atoms with Gasteiger partial charge >= 0.3 is 0 Å². The van der Waals surface area contributed by atoms with E-state index in [2.05, 4.69) is 10.2 Å². The van der Waals surface area contributed by atoms with Crippen LogP contribution in [0.4, 0.5) is 0 Å². The average Bonchev–Trinajstić information content (AvgIpc) is 3.23. The van der Waals surface area contributed by atoms with Gasteiger partial charge in [-0.3, -0.25) is 4.79 Å². The molecule has 0 aromatic carbocycles. The second-order valence-electron chi connectivity index (χ2n) is 6.13. The van der Waals surface area contributed by atoms with Gasteiger partial charge in [0.15, 0.2) is 0 Å². The monoisotopic (exact) mass is 236 g/mol. The molecular formula is C14H24N2O. The van der Waals surface area contributed by atoms with Crippen LogP contribution in [0.3, 0.4) is 0 Å². The quantitative estimate of drug-likeness (QED) is 0.789. The molecule has 1 heterocycles. The Bertz CT molecular complexity index is 264. The van der Waals surface area contributed by atoms with E-state index in [1.54, 1.807) is 0 Å². The summed E-state index contributed by atoms with van der Waals surface area (Å²) in [4.78, 5) is 14.7. The maximum absolute atomic E-state index is 12.5. The smallest absolute Gasteiger partial charge is 0.239 e. The Morgan fingerprint density at radius 1 is 1.00 bits per heavy atom. The predicted octanol–water partition coefficient (Wildman–Crippen LogP) is 1.78. The maximum atomic E-state index is 12.5. The Kier molecular flexibility index (Phi) is 3.37. The first-order valence-electron chi connectivity index (χ1n) is 7.35. The van der Waals surface area contributed by atoms with Gasteiger partial charge in [-0.05, 0) is 56.9 Å². The van der Waals surface area contributed by atoms with Crippen molar-refractivity contribution in [2.45, 2.75) is 51.0 Å². The summed E-state index contributed by atoms with van der Waals surface area (Å²) in [6.07, 6.45) is 8.85. The molecule has 1 atom stereocenters. The number of piperidine rings is 1. The third kappa shape index (κ3) is 3.21. The van der Waals surface area contributed by atoms with Crippen LogP contribution in [0.25, 0.3) is 0 Å². The van der Waals surface area contributed by atoms with Gasteiger partial charge in [-0.1, -0.05) is 6.42 Å². The van der Waals surface area contributed by atoms with Crippen LogP contribution in [0.15, 0.2) is 0 Å². The number of hydrogen-bond donors (Lipinski definition) is 1. The highest BCUT2D eigenvalue weighted by Crippen LogP contribution is 2.34. The first-order valence-corrected chi connectivity index (χ1v) is 7.35. The second kappa shape index (κ2) is 4.97. The number of hydrogen-bond acceptors (Lipinski definition) is 2. The summed E-state index contributed by atoms with van der Waals surface area (Å²) >= 11 is 0. The van der Waals surface area contributed by atoms with Gasteiger partial charge in [0, 0.05) is 13.1 Å². The van der Waals surface area contributed by atoms with Gasteiger partial charge in [0.25, 0.3) is 0 Å². The van der Waals surface area contributed by atoms with E-state index in [9.17, 15) is 4.79 Å². The number of amides is 1. The summed E-state index contributed by atoms with van der Waals surface area (Å²) in [5, 5.41) is 3.40. The van der Waals surface area contributed by atoms with Crippen LogP contribution in [0.1, 0.15) is 44.9 Å². The van der Waals surface area contributed by atoms with Crippen molar-refractivity contribution in [2.75, 3.05) is 19.6 Å². The van der Waals surface area contributed by atoms with E-state index < -0.39 is 0 Å². The molecule has 3 fully saturated rings. The van der Waals surface area contributed by atoms with Gasteiger partial charge < -0.3 is 10.2 Å². The minimum atomic E-state index is 0.126. The van der Waals surface area contributed by atoms with Gasteiger partial charge in [-0.15, -0.1) is 0 Å². The molecule has 96 valence electrons. The molecule has 3 nitrogen and oxygen atoms in total. The fourth-order valence-electron chi connectivity index (χ4n) is 2.76. The fraction of sp³-hybridized carbons (Fsp3) is 0.929. The van der Waals surface area contributed by atoms with E-state index in [0.717, 1.165) is 37.9 Å². The molecule has 1 aliphatic heterocycles. The zero-order valence-corrected chi connectivity index (χ0v) is 10.7. The topological polar surface area (TPSA) is 32.3 Å². The van der Waals surface area contributed by atoms with Crippen LogP contribution in [0.5, 0.6) is 0 Å². The molecule has 1 amide bonds. The third-order valence-corrected chi connectivity index (χ3v) is 4.27. The molecule has 3 rings (SSSR count). The number of nitrogens with zero attached hydrogens (tertiary/aromatic N) is 1. The number of nitrogens with one attached hydrogen (secondary N) is 1. The molecule has 3 heteroatoms. The molecule has 0 spiro atoms. The Hall–Kier alpha value is -0.570. The first kappa shape index (κ1) is 11.5. The third-order valence-electron chi connectivity index (χ3n) is 4.27. The lowest BCUT2D eigenvalue weighted by Gasteiger charge is -2.30. The molecule has 17 heavy (non-hydrogen) atoms. The normalized spacial score (nSPS) is 29.1. The molecule has 0 radical (unpaired) electrons. The van der Waals surface area contributed by atoms with Gasteiger partial charge in [0.05, 0.1) is 6.04 Å². The molecule has 1 saturated heterocycles. The van der Waals surface area contributed by atoms with Crippen LogP contribution in [0.2, 0.25) is 0 Å². The second-order valence-corrected chi connectivity index (χ2v) is 6.13. The minimum Gasteiger partial charge on any atom is -0.341 e. The number of rotatable bonds is 5. The van der Waals surface area contributed by atoms with Crippen LogP contribution in [0, 0.1) is 11.8 Å². The lowest BCUT2D eigenvalue weighted by molar-refractivity contribution is -0.134. The van der Waals surface area contributed by atoms with Crippen molar-refractivity contribution in [3.8, 4) is 0 Å². The summed E-state index contributed by atoms with van der Waals surface area (Å²) in [5.41, 5.74) is 0. The maximum Gasteiger partial charge on any atom is 0.239 e. The summed E-state index contributed by atoms with van der Waals surface area (Å²) < 4.78 is 0. The molecule has 2 aliphatic carbocycles. The molecule has 1 unspecified atom stereocenters. The highest BCUT2D eigenvalue weighted by Gasteiger charge is 2.34. The van der Waals surface area contributed by atoms with Crippen LogP contribution in [-0.2, 0) is 4.79 Å². The minimum absolute atomic E-state index is 0.126. The highest BCUT2D eigenvalue weighted by molar-refractivity contribution is 5.82. The van der Waals surface area contributed by atoms with Crippen molar-refractivity contribution in [1.82, 2.24) is 10.2 Å². The van der Waals surface area contributed by atoms with Crippen molar-refractivity contribution in [3.05, 3.63) is 0 Å². The van der Waals surface area contributed by atoms with Gasteiger partial charge in [0.2, 0.25) is 5.91 Å². The van der Waals surface area contributed by atoms with Crippen molar-refractivity contribution in [2.24, 2.45) is 11.8 Å². The molecule has 0 aromatic heterocycles. The molecule has 2 saturated carbocycles. The Balaban J connectivity index is 1.56. The molecule has 0 bridgehead atoms. The van der Waals surface area contributed by atoms with Crippen LogP contribution < -0.4 is 5.32 Å². The van der Waals surface area contributed by atoms with E-state index in [4.69, 9.17) is 0 Å². The van der Waals surface area contributed by atoms with Crippen LogP contribution >= 0.6 is 0 Å². The first-order chi connectivity index (χ1) is 8.33. The zero-order chi connectivity index (χ0) is 11.7. The van der Waals surface area contributed by atoms with Crippen molar-refractivity contribution >= 4 is 5.91 Å². The molecule has 1 N–H and O–H groups in total. The van der Waals surface area contributed by atoms with E-state index in [1.807, 2.05) is 0 Å². The van der Waals surface area contributed by atoms with E-state index in [0.29, 0.717) is 5.91 Å². The predicted molar refractivity (Wildman–Crippen MR) is 67.7 cm³/mol. The Morgan fingerprint density at radius 2 is 1.65 bits per heavy atom. The van der Waals surface area contributed by atoms with E-state index >= 15 is 0 Å². The lowest BCUT2D eigenvalue weighted by Crippen LogP contribution is -2.49. The standard InChI is InChI=1S/C14H24N2O/c17-14(13-3-1-2-8-15-13)16(9-11-4-5-11)10-12-6-7-12/h11-13,15H,1-10H2. The van der Waals surface area contributed by atoms with Crippen LogP contribution in [-0.4, -0.2) is 36.5 Å². The summed E-state index contributed by atoms with van der Waals surface area (Å²) in [5.74, 6) is 2.03. The van der Waals surface area contributed by atoms with Gasteiger partial charge in [0.1, 0.15) is 0 Å². The average molecular weight is 236 g/mol. The number of carbonyl (C=O) groups is 1. The van der Waals surface area contributed by atoms with Crippen molar-refractivity contribution in [3.63, 3.8) is 0 Å². The molecular weight excluding hydrogens is 212 g/mol. The van der Waals surface area contributed by atoms with Crippen molar-refractivity contribution in [1.29, 1.82) is 0 Å². The van der Waals surface area contributed by atoms with Gasteiger partial charge in [-0.25, -0.2) is 0 Å². The largest absolute Gasteiger partial charge is 0.341 e. The molecule has 0 aromatic rings. The lowest BCUT2D eigenvalue weighted by atomic mass is 10.0. The summed E-state index contributed by atoms with van der Waals surface area (Å²) in [7, 11) is 0. The summed E-state index contributed by atoms with van der Waals surface area (Å²) in [6, 6.07) is 0.126. The van der Waals surface area contributed by atoms with Gasteiger partial charge in [-0.2, -0.15) is 0 Å². The number of carbonyl (C=O) groups excluding carboxylic acids is 1. The van der Waals surface area contributed by atoms with E-state index in [-0.39, 0.29) is 6.04 Å². The zero-order valence-electron chi connectivity index (χ0n) is 10.7. The SMILES string of the molecule is O=C(C1CCCCN1)N(CC1CC1)CC1CC1. The van der Waals surface area contributed by atoms with Crippen molar-refractivity contribution < 1.29 is 4.79 Å².